The summed E-state index contributed by atoms with van der Waals surface area (Å²) in [5.41, 5.74) is 0.985. The van der Waals surface area contributed by atoms with Gasteiger partial charge in [-0.3, -0.25) is 0 Å². The Balaban J connectivity index is 2.09. The second-order valence-corrected chi connectivity index (χ2v) is 5.50. The van der Waals surface area contributed by atoms with Gasteiger partial charge in [0.05, 0.1) is 5.69 Å². The molecule has 2 aromatic rings. The summed E-state index contributed by atoms with van der Waals surface area (Å²) in [5.74, 6) is 1.62. The summed E-state index contributed by atoms with van der Waals surface area (Å²) in [6.45, 7) is 2.85. The number of halogens is 1. The lowest BCUT2D eigenvalue weighted by molar-refractivity contribution is 0.388. The Hall–Kier alpha value is -1.35. The van der Waals surface area contributed by atoms with Crippen LogP contribution < -0.4 is 4.90 Å². The SMILES string of the molecule is Cc1nnc(N(CCCl)C2CCC2)c2ccccc12. The molecule has 1 heterocycles. The van der Waals surface area contributed by atoms with Gasteiger partial charge in [0.15, 0.2) is 5.82 Å². The zero-order valence-corrected chi connectivity index (χ0v) is 11.9. The zero-order valence-electron chi connectivity index (χ0n) is 11.1. The van der Waals surface area contributed by atoms with Crippen molar-refractivity contribution in [2.75, 3.05) is 17.3 Å². The standard InChI is InChI=1S/C15H18ClN3/c1-11-13-7-2-3-8-14(13)15(18-17-11)19(10-9-16)12-5-4-6-12/h2-3,7-8,12H,4-6,9-10H2,1H3. The summed E-state index contributed by atoms with van der Waals surface area (Å²) >= 11 is 5.96. The topological polar surface area (TPSA) is 29.0 Å². The summed E-state index contributed by atoms with van der Waals surface area (Å²) in [7, 11) is 0. The summed E-state index contributed by atoms with van der Waals surface area (Å²) in [4.78, 5) is 2.34. The van der Waals surface area contributed by atoms with Gasteiger partial charge in [0.1, 0.15) is 0 Å². The number of nitrogens with zero attached hydrogens (tertiary/aromatic N) is 3. The van der Waals surface area contributed by atoms with Crippen molar-refractivity contribution >= 4 is 28.2 Å². The summed E-state index contributed by atoms with van der Waals surface area (Å²) < 4.78 is 0. The third-order valence-electron chi connectivity index (χ3n) is 3.97. The smallest absolute Gasteiger partial charge is 0.159 e. The van der Waals surface area contributed by atoms with Crippen LogP contribution in [0.25, 0.3) is 10.8 Å². The molecule has 0 atom stereocenters. The molecule has 100 valence electrons. The molecule has 0 radical (unpaired) electrons. The van der Waals surface area contributed by atoms with Crippen molar-refractivity contribution < 1.29 is 0 Å². The summed E-state index contributed by atoms with van der Waals surface area (Å²) in [6.07, 6.45) is 3.78. The minimum Gasteiger partial charge on any atom is -0.350 e. The molecule has 0 aliphatic heterocycles. The van der Waals surface area contributed by atoms with Crippen molar-refractivity contribution in [1.82, 2.24) is 10.2 Å². The van der Waals surface area contributed by atoms with Crippen LogP contribution in [-0.2, 0) is 0 Å². The predicted octanol–water partition coefficient (Wildman–Crippen LogP) is 3.54. The molecule has 0 amide bonds. The number of fused-ring (bicyclic) bond motifs is 1. The van der Waals surface area contributed by atoms with Gasteiger partial charge in [-0.1, -0.05) is 24.3 Å². The fourth-order valence-electron chi connectivity index (χ4n) is 2.69. The second-order valence-electron chi connectivity index (χ2n) is 5.12. The first-order valence-corrected chi connectivity index (χ1v) is 7.39. The van der Waals surface area contributed by atoms with Crippen LogP contribution in [0.1, 0.15) is 25.0 Å². The molecule has 0 saturated heterocycles. The van der Waals surface area contributed by atoms with Gasteiger partial charge < -0.3 is 4.90 Å². The van der Waals surface area contributed by atoms with E-state index in [4.69, 9.17) is 11.6 Å². The molecule has 3 nitrogen and oxygen atoms in total. The predicted molar refractivity (Wildman–Crippen MR) is 80.0 cm³/mol. The fraction of sp³-hybridized carbons (Fsp3) is 0.467. The Bertz CT molecular complexity index is 581. The van der Waals surface area contributed by atoms with E-state index in [1.807, 2.05) is 6.92 Å². The van der Waals surface area contributed by atoms with Crippen molar-refractivity contribution in [2.45, 2.75) is 32.2 Å². The van der Waals surface area contributed by atoms with Crippen LogP contribution in [0.5, 0.6) is 0 Å². The number of hydrogen-bond acceptors (Lipinski definition) is 3. The highest BCUT2D eigenvalue weighted by Gasteiger charge is 2.27. The number of hydrogen-bond donors (Lipinski definition) is 0. The van der Waals surface area contributed by atoms with Crippen LogP contribution in [0.4, 0.5) is 5.82 Å². The average Bonchev–Trinajstić information content (AvgIpc) is 2.37. The van der Waals surface area contributed by atoms with E-state index in [0.717, 1.165) is 18.1 Å². The second kappa shape index (κ2) is 5.33. The lowest BCUT2D eigenvalue weighted by atomic mass is 9.91. The lowest BCUT2D eigenvalue weighted by Gasteiger charge is -2.38. The van der Waals surface area contributed by atoms with Crippen molar-refractivity contribution in [3.8, 4) is 0 Å². The number of benzene rings is 1. The molecule has 4 heteroatoms. The van der Waals surface area contributed by atoms with Gasteiger partial charge in [0.2, 0.25) is 0 Å². The first kappa shape index (κ1) is 12.7. The molecule has 0 unspecified atom stereocenters. The summed E-state index contributed by atoms with van der Waals surface area (Å²) in [5, 5.41) is 11.1. The molecule has 19 heavy (non-hydrogen) atoms. The van der Waals surface area contributed by atoms with Crippen LogP contribution >= 0.6 is 11.6 Å². The van der Waals surface area contributed by atoms with Gasteiger partial charge in [-0.15, -0.1) is 16.7 Å². The van der Waals surface area contributed by atoms with E-state index in [1.54, 1.807) is 0 Å². The molecule has 1 aromatic carbocycles. The fourth-order valence-corrected chi connectivity index (χ4v) is 2.87. The molecule has 1 saturated carbocycles. The Labute approximate surface area is 118 Å². The van der Waals surface area contributed by atoms with Crippen molar-refractivity contribution in [3.05, 3.63) is 30.0 Å². The van der Waals surface area contributed by atoms with E-state index < -0.39 is 0 Å². The monoisotopic (exact) mass is 275 g/mol. The van der Waals surface area contributed by atoms with Gasteiger partial charge >= 0.3 is 0 Å². The van der Waals surface area contributed by atoms with E-state index in [0.29, 0.717) is 11.9 Å². The molecule has 1 aromatic heterocycles. The maximum atomic E-state index is 5.96. The lowest BCUT2D eigenvalue weighted by Crippen LogP contribution is -2.42. The van der Waals surface area contributed by atoms with Gasteiger partial charge in [0.25, 0.3) is 0 Å². The van der Waals surface area contributed by atoms with Crippen LogP contribution in [0.2, 0.25) is 0 Å². The minimum absolute atomic E-state index is 0.583. The number of aromatic nitrogens is 2. The molecule has 0 spiro atoms. The number of alkyl halides is 1. The molecule has 0 bridgehead atoms. The Kier molecular flexibility index (Phi) is 3.56. The summed E-state index contributed by atoms with van der Waals surface area (Å²) in [6, 6.07) is 8.94. The van der Waals surface area contributed by atoms with E-state index >= 15 is 0 Å². The van der Waals surface area contributed by atoms with Gasteiger partial charge in [-0.05, 0) is 26.2 Å². The van der Waals surface area contributed by atoms with Gasteiger partial charge in [0, 0.05) is 29.2 Å². The molecular formula is C15H18ClN3. The van der Waals surface area contributed by atoms with E-state index in [-0.39, 0.29) is 0 Å². The number of rotatable bonds is 4. The Morgan fingerprint density at radius 1 is 1.21 bits per heavy atom. The molecule has 3 rings (SSSR count). The number of anilines is 1. The maximum Gasteiger partial charge on any atom is 0.159 e. The average molecular weight is 276 g/mol. The molecule has 1 aliphatic rings. The third-order valence-corrected chi connectivity index (χ3v) is 4.13. The van der Waals surface area contributed by atoms with Gasteiger partial charge in [-0.2, -0.15) is 5.10 Å². The highest BCUT2D eigenvalue weighted by Crippen LogP contribution is 2.32. The highest BCUT2D eigenvalue weighted by atomic mass is 35.5. The first-order valence-electron chi connectivity index (χ1n) is 6.86. The van der Waals surface area contributed by atoms with E-state index in [1.165, 1.54) is 30.0 Å². The van der Waals surface area contributed by atoms with Crippen molar-refractivity contribution in [3.63, 3.8) is 0 Å². The Morgan fingerprint density at radius 3 is 2.58 bits per heavy atom. The molecule has 0 N–H and O–H groups in total. The normalized spacial score (nSPS) is 15.5. The quantitative estimate of drug-likeness (QED) is 0.799. The van der Waals surface area contributed by atoms with E-state index in [9.17, 15) is 0 Å². The zero-order chi connectivity index (χ0) is 13.2. The van der Waals surface area contributed by atoms with E-state index in [2.05, 4.69) is 39.4 Å². The largest absolute Gasteiger partial charge is 0.350 e. The van der Waals surface area contributed by atoms with Crippen molar-refractivity contribution in [1.29, 1.82) is 0 Å². The Morgan fingerprint density at radius 2 is 1.95 bits per heavy atom. The molecule has 1 aliphatic carbocycles. The maximum absolute atomic E-state index is 5.96. The van der Waals surface area contributed by atoms with Gasteiger partial charge in [-0.25, -0.2) is 0 Å². The molecular weight excluding hydrogens is 258 g/mol. The van der Waals surface area contributed by atoms with Crippen LogP contribution in [0.15, 0.2) is 24.3 Å². The molecule has 1 fully saturated rings. The first-order chi connectivity index (χ1) is 9.31. The van der Waals surface area contributed by atoms with Crippen molar-refractivity contribution in [2.24, 2.45) is 0 Å². The number of aryl methyl sites for hydroxylation is 1. The minimum atomic E-state index is 0.583. The highest BCUT2D eigenvalue weighted by molar-refractivity contribution is 6.18. The van der Waals surface area contributed by atoms with Crippen LogP contribution in [0.3, 0.4) is 0 Å². The van der Waals surface area contributed by atoms with Crippen LogP contribution in [0, 0.1) is 6.92 Å². The third kappa shape index (κ3) is 2.27. The van der Waals surface area contributed by atoms with Crippen LogP contribution in [-0.4, -0.2) is 28.7 Å².